The Morgan fingerprint density at radius 2 is 1.86 bits per heavy atom. The van der Waals surface area contributed by atoms with E-state index < -0.39 is 5.97 Å². The zero-order valence-electron chi connectivity index (χ0n) is 11.6. The lowest BCUT2D eigenvalue weighted by Crippen LogP contribution is -2.00. The van der Waals surface area contributed by atoms with Gasteiger partial charge in [0.1, 0.15) is 0 Å². The topological polar surface area (TPSA) is 50.1 Å². The first-order valence-corrected chi connectivity index (χ1v) is 7.06. The zero-order valence-corrected chi connectivity index (χ0v) is 13.2. The van der Waals surface area contributed by atoms with Gasteiger partial charge in [0, 0.05) is 10.6 Å². The third-order valence-corrected chi connectivity index (χ3v) is 3.53. The molecule has 0 saturated carbocycles. The summed E-state index contributed by atoms with van der Waals surface area (Å²) in [7, 11) is 1.33. The number of hydrogen-bond acceptors (Lipinski definition) is 3. The highest BCUT2D eigenvalue weighted by Crippen LogP contribution is 2.28. The molecular weight excluding hydrogens is 321 g/mol. The minimum absolute atomic E-state index is 0.406. The molecule has 0 aromatic heterocycles. The first-order chi connectivity index (χ1) is 10.5. The number of allylic oxidation sites excluding steroid dienone is 1. The molecule has 0 saturated heterocycles. The van der Waals surface area contributed by atoms with E-state index in [1.807, 2.05) is 0 Å². The molecule has 22 heavy (non-hydrogen) atoms. The van der Waals surface area contributed by atoms with Crippen LogP contribution in [0.25, 0.3) is 11.6 Å². The maximum atomic E-state index is 11.4. The van der Waals surface area contributed by atoms with Crippen molar-refractivity contribution >= 4 is 40.8 Å². The quantitative estimate of drug-likeness (QED) is 0.459. The highest BCUT2D eigenvalue weighted by molar-refractivity contribution is 6.36. The maximum absolute atomic E-state index is 11.4. The number of hydrogen-bond donors (Lipinski definition) is 0. The number of rotatable bonds is 3. The van der Waals surface area contributed by atoms with E-state index in [-0.39, 0.29) is 0 Å². The van der Waals surface area contributed by atoms with Crippen molar-refractivity contribution in [1.82, 2.24) is 0 Å². The number of nitrogens with zero attached hydrogens (tertiary/aromatic N) is 1. The summed E-state index contributed by atoms with van der Waals surface area (Å²) in [6.45, 7) is 0. The number of esters is 1. The summed E-state index contributed by atoms with van der Waals surface area (Å²) in [4.78, 5) is 11.4. The molecule has 0 amide bonds. The van der Waals surface area contributed by atoms with Crippen LogP contribution in [0.15, 0.2) is 42.5 Å². The van der Waals surface area contributed by atoms with Gasteiger partial charge in [0.2, 0.25) is 0 Å². The lowest BCUT2D eigenvalue weighted by atomic mass is 10.0. The van der Waals surface area contributed by atoms with E-state index in [9.17, 15) is 10.1 Å². The Hall–Kier alpha value is -2.28. The normalized spacial score (nSPS) is 10.9. The predicted octanol–water partition coefficient (Wildman–Crippen LogP) is 4.84. The molecule has 0 aliphatic carbocycles. The Kier molecular flexibility index (Phi) is 5.21. The predicted molar refractivity (Wildman–Crippen MR) is 87.7 cm³/mol. The number of ether oxygens (including phenoxy) is 1. The largest absolute Gasteiger partial charge is 0.465 e. The molecule has 2 aromatic carbocycles. The molecule has 110 valence electrons. The van der Waals surface area contributed by atoms with Crippen molar-refractivity contribution in [1.29, 1.82) is 5.26 Å². The summed E-state index contributed by atoms with van der Waals surface area (Å²) < 4.78 is 4.64. The molecule has 0 bridgehead atoms. The average molecular weight is 332 g/mol. The van der Waals surface area contributed by atoms with Crippen LogP contribution in [0.4, 0.5) is 0 Å². The van der Waals surface area contributed by atoms with Gasteiger partial charge in [0.15, 0.2) is 0 Å². The van der Waals surface area contributed by atoms with Crippen molar-refractivity contribution < 1.29 is 9.53 Å². The maximum Gasteiger partial charge on any atom is 0.337 e. The van der Waals surface area contributed by atoms with E-state index in [0.717, 1.165) is 5.56 Å². The SMILES string of the molecule is COC(=O)c1ccc(/C=C(\C#N)c2ccc(Cl)cc2Cl)cc1. The van der Waals surface area contributed by atoms with Gasteiger partial charge >= 0.3 is 5.97 Å². The van der Waals surface area contributed by atoms with E-state index in [2.05, 4.69) is 10.8 Å². The van der Waals surface area contributed by atoms with Crippen LogP contribution in [0, 0.1) is 11.3 Å². The van der Waals surface area contributed by atoms with Crippen molar-refractivity contribution in [2.75, 3.05) is 7.11 Å². The Morgan fingerprint density at radius 3 is 2.41 bits per heavy atom. The van der Waals surface area contributed by atoms with Crippen molar-refractivity contribution in [3.05, 3.63) is 69.2 Å². The van der Waals surface area contributed by atoms with E-state index in [0.29, 0.717) is 26.7 Å². The monoisotopic (exact) mass is 331 g/mol. The van der Waals surface area contributed by atoms with Gasteiger partial charge in [-0.2, -0.15) is 5.26 Å². The second-order valence-corrected chi connectivity index (χ2v) is 5.25. The van der Waals surface area contributed by atoms with Crippen molar-refractivity contribution in [2.45, 2.75) is 0 Å². The van der Waals surface area contributed by atoms with Gasteiger partial charge in [-0.15, -0.1) is 0 Å². The first kappa shape index (κ1) is 16.1. The number of methoxy groups -OCH3 is 1. The third-order valence-electron chi connectivity index (χ3n) is 2.98. The molecule has 2 rings (SSSR count). The fourth-order valence-electron chi connectivity index (χ4n) is 1.88. The fraction of sp³-hybridized carbons (Fsp3) is 0.0588. The van der Waals surface area contributed by atoms with Gasteiger partial charge < -0.3 is 4.74 Å². The number of nitriles is 1. The third kappa shape index (κ3) is 3.67. The van der Waals surface area contributed by atoms with Gasteiger partial charge in [-0.25, -0.2) is 4.79 Å². The minimum Gasteiger partial charge on any atom is -0.465 e. The van der Waals surface area contributed by atoms with Crippen LogP contribution < -0.4 is 0 Å². The molecule has 0 radical (unpaired) electrons. The van der Waals surface area contributed by atoms with Gasteiger partial charge in [0.05, 0.1) is 29.3 Å². The Labute approximate surface area is 138 Å². The first-order valence-electron chi connectivity index (χ1n) is 6.30. The van der Waals surface area contributed by atoms with Crippen LogP contribution in [0.1, 0.15) is 21.5 Å². The fourth-order valence-corrected chi connectivity index (χ4v) is 2.39. The molecule has 2 aromatic rings. The summed E-state index contributed by atoms with van der Waals surface area (Å²) in [5, 5.41) is 10.2. The van der Waals surface area contributed by atoms with E-state index >= 15 is 0 Å². The standard InChI is InChI=1S/C17H11Cl2NO2/c1-22-17(21)12-4-2-11(3-5-12)8-13(10-20)15-7-6-14(18)9-16(15)19/h2-9H,1H3/b13-8+. The van der Waals surface area contributed by atoms with E-state index in [4.69, 9.17) is 23.2 Å². The molecule has 0 spiro atoms. The lowest BCUT2D eigenvalue weighted by Gasteiger charge is -2.04. The summed E-state index contributed by atoms with van der Waals surface area (Å²) in [6, 6.07) is 13.8. The number of benzene rings is 2. The number of carbonyl (C=O) groups excluding carboxylic acids is 1. The Morgan fingerprint density at radius 1 is 1.18 bits per heavy atom. The summed E-state index contributed by atoms with van der Waals surface area (Å²) in [5.41, 5.74) is 2.23. The molecule has 0 heterocycles. The molecular formula is C17H11Cl2NO2. The smallest absolute Gasteiger partial charge is 0.337 e. The van der Waals surface area contributed by atoms with Gasteiger partial charge in [-0.3, -0.25) is 0 Å². The van der Waals surface area contributed by atoms with Crippen LogP contribution in [-0.2, 0) is 4.74 Å². The van der Waals surface area contributed by atoms with Crippen LogP contribution in [0.5, 0.6) is 0 Å². The van der Waals surface area contributed by atoms with Gasteiger partial charge in [0.25, 0.3) is 0 Å². The molecule has 0 unspecified atom stereocenters. The summed E-state index contributed by atoms with van der Waals surface area (Å²) >= 11 is 12.0. The second kappa shape index (κ2) is 7.13. The average Bonchev–Trinajstić information content (AvgIpc) is 2.53. The minimum atomic E-state index is -0.406. The zero-order chi connectivity index (χ0) is 16.1. The van der Waals surface area contributed by atoms with Crippen molar-refractivity contribution in [2.24, 2.45) is 0 Å². The molecule has 0 N–H and O–H groups in total. The lowest BCUT2D eigenvalue weighted by molar-refractivity contribution is 0.0601. The van der Waals surface area contributed by atoms with Gasteiger partial charge in [-0.05, 0) is 35.9 Å². The van der Waals surface area contributed by atoms with Crippen molar-refractivity contribution in [3.8, 4) is 6.07 Å². The molecule has 0 aliphatic rings. The molecule has 5 heteroatoms. The van der Waals surface area contributed by atoms with Gasteiger partial charge in [-0.1, -0.05) is 41.4 Å². The highest BCUT2D eigenvalue weighted by Gasteiger charge is 2.08. The summed E-state index contributed by atoms with van der Waals surface area (Å²) in [5.74, 6) is -0.406. The molecule has 3 nitrogen and oxygen atoms in total. The molecule has 0 fully saturated rings. The molecule has 0 atom stereocenters. The Balaban J connectivity index is 2.37. The number of halogens is 2. The van der Waals surface area contributed by atoms with E-state index in [1.54, 1.807) is 48.5 Å². The summed E-state index contributed by atoms with van der Waals surface area (Å²) in [6.07, 6.45) is 1.69. The molecule has 0 aliphatic heterocycles. The van der Waals surface area contributed by atoms with Crippen molar-refractivity contribution in [3.63, 3.8) is 0 Å². The number of carbonyl (C=O) groups is 1. The van der Waals surface area contributed by atoms with E-state index in [1.165, 1.54) is 7.11 Å². The second-order valence-electron chi connectivity index (χ2n) is 4.41. The van der Waals surface area contributed by atoms with Crippen LogP contribution in [0.2, 0.25) is 10.0 Å². The van der Waals surface area contributed by atoms with Crippen LogP contribution in [-0.4, -0.2) is 13.1 Å². The van der Waals surface area contributed by atoms with Crippen LogP contribution in [0.3, 0.4) is 0 Å². The Bertz CT molecular complexity index is 774. The highest BCUT2D eigenvalue weighted by atomic mass is 35.5. The van der Waals surface area contributed by atoms with Crippen LogP contribution >= 0.6 is 23.2 Å².